The normalized spacial score (nSPS) is 24.4. The predicted octanol–water partition coefficient (Wildman–Crippen LogP) is -0.465. The summed E-state index contributed by atoms with van der Waals surface area (Å²) < 4.78 is 5.27. The monoisotopic (exact) mass is 202 g/mol. The van der Waals surface area contributed by atoms with Crippen molar-refractivity contribution in [3.8, 4) is 0 Å². The van der Waals surface area contributed by atoms with Crippen LogP contribution in [0, 0.1) is 5.92 Å². The van der Waals surface area contributed by atoms with E-state index in [0.29, 0.717) is 19.0 Å². The molecule has 2 N–H and O–H groups in total. The van der Waals surface area contributed by atoms with Gasteiger partial charge in [-0.2, -0.15) is 0 Å². The zero-order chi connectivity index (χ0) is 10.4. The van der Waals surface area contributed by atoms with E-state index in [1.807, 2.05) is 19.0 Å². The lowest BCUT2D eigenvalue weighted by atomic mass is 10.1. The number of likely N-dealkylation sites (N-methyl/N-ethyl adjacent to an activating group) is 1. The number of aliphatic hydroxyl groups excluding tert-OH is 1. The summed E-state index contributed by atoms with van der Waals surface area (Å²) in [7, 11) is 3.93. The number of aliphatic hydroxyl groups is 1. The maximum atomic E-state index is 9.56. The summed E-state index contributed by atoms with van der Waals surface area (Å²) >= 11 is 0. The fourth-order valence-electron chi connectivity index (χ4n) is 1.68. The van der Waals surface area contributed by atoms with Crippen LogP contribution in [-0.2, 0) is 4.74 Å². The molecule has 1 rings (SSSR count). The highest BCUT2D eigenvalue weighted by atomic mass is 16.5. The minimum atomic E-state index is -0.271. The molecular weight excluding hydrogens is 180 g/mol. The molecule has 0 saturated carbocycles. The molecule has 4 nitrogen and oxygen atoms in total. The first-order valence-electron chi connectivity index (χ1n) is 5.29. The van der Waals surface area contributed by atoms with Crippen molar-refractivity contribution in [3.05, 3.63) is 0 Å². The molecule has 2 unspecified atom stereocenters. The fraction of sp³-hybridized carbons (Fsp3) is 1.00. The van der Waals surface area contributed by atoms with Crippen LogP contribution in [0.4, 0.5) is 0 Å². The highest BCUT2D eigenvalue weighted by Gasteiger charge is 2.15. The Hall–Kier alpha value is -0.160. The molecule has 1 aliphatic rings. The molecule has 0 aromatic heterocycles. The van der Waals surface area contributed by atoms with Gasteiger partial charge in [0.15, 0.2) is 0 Å². The summed E-state index contributed by atoms with van der Waals surface area (Å²) in [5.74, 6) is 0.640. The molecule has 14 heavy (non-hydrogen) atoms. The Morgan fingerprint density at radius 2 is 2.36 bits per heavy atom. The quantitative estimate of drug-likeness (QED) is 0.611. The Kier molecular flexibility index (Phi) is 5.40. The number of hydrogen-bond donors (Lipinski definition) is 2. The van der Waals surface area contributed by atoms with Crippen molar-refractivity contribution in [3.63, 3.8) is 0 Å². The van der Waals surface area contributed by atoms with Crippen molar-refractivity contribution in [2.24, 2.45) is 5.92 Å². The van der Waals surface area contributed by atoms with E-state index in [1.54, 1.807) is 0 Å². The first kappa shape index (κ1) is 11.9. The number of nitrogens with zero attached hydrogens (tertiary/aromatic N) is 1. The Bertz CT molecular complexity index is 147. The highest BCUT2D eigenvalue weighted by molar-refractivity contribution is 4.69. The van der Waals surface area contributed by atoms with Gasteiger partial charge in [0.2, 0.25) is 0 Å². The zero-order valence-electron chi connectivity index (χ0n) is 9.20. The molecule has 1 aliphatic heterocycles. The molecule has 1 heterocycles. The van der Waals surface area contributed by atoms with Crippen LogP contribution in [0.25, 0.3) is 0 Å². The van der Waals surface area contributed by atoms with Gasteiger partial charge in [-0.25, -0.2) is 0 Å². The largest absolute Gasteiger partial charge is 0.390 e. The molecular formula is C10H22N2O2. The van der Waals surface area contributed by atoms with Gasteiger partial charge in [-0.3, -0.25) is 0 Å². The van der Waals surface area contributed by atoms with Gasteiger partial charge in [0.05, 0.1) is 12.7 Å². The van der Waals surface area contributed by atoms with Crippen molar-refractivity contribution in [2.45, 2.75) is 12.5 Å². The average molecular weight is 202 g/mol. The third-order valence-electron chi connectivity index (χ3n) is 2.41. The van der Waals surface area contributed by atoms with Crippen molar-refractivity contribution in [2.75, 3.05) is 46.9 Å². The van der Waals surface area contributed by atoms with Crippen LogP contribution in [0.5, 0.6) is 0 Å². The second-order valence-electron chi connectivity index (χ2n) is 4.30. The van der Waals surface area contributed by atoms with Gasteiger partial charge in [-0.15, -0.1) is 0 Å². The smallest absolute Gasteiger partial charge is 0.0791 e. The van der Waals surface area contributed by atoms with Crippen molar-refractivity contribution in [1.82, 2.24) is 10.2 Å². The van der Waals surface area contributed by atoms with E-state index in [-0.39, 0.29) is 6.10 Å². The third-order valence-corrected chi connectivity index (χ3v) is 2.41. The van der Waals surface area contributed by atoms with E-state index in [1.165, 1.54) is 0 Å². The minimum absolute atomic E-state index is 0.271. The minimum Gasteiger partial charge on any atom is -0.390 e. The second-order valence-corrected chi connectivity index (χ2v) is 4.30. The lowest BCUT2D eigenvalue weighted by Crippen LogP contribution is -2.36. The first-order chi connectivity index (χ1) is 6.68. The number of nitrogens with one attached hydrogen (secondary N) is 1. The summed E-state index contributed by atoms with van der Waals surface area (Å²) in [6, 6.07) is 0. The van der Waals surface area contributed by atoms with E-state index in [0.717, 1.165) is 26.2 Å². The predicted molar refractivity (Wildman–Crippen MR) is 56.4 cm³/mol. The molecule has 0 bridgehead atoms. The van der Waals surface area contributed by atoms with Crippen LogP contribution in [0.1, 0.15) is 6.42 Å². The Labute approximate surface area is 86.2 Å². The molecule has 0 aromatic rings. The van der Waals surface area contributed by atoms with E-state index >= 15 is 0 Å². The Morgan fingerprint density at radius 1 is 1.57 bits per heavy atom. The zero-order valence-corrected chi connectivity index (χ0v) is 9.20. The van der Waals surface area contributed by atoms with Crippen LogP contribution in [-0.4, -0.2) is 63.1 Å². The highest BCUT2D eigenvalue weighted by Crippen LogP contribution is 2.10. The molecule has 1 fully saturated rings. The van der Waals surface area contributed by atoms with Gasteiger partial charge in [-0.1, -0.05) is 0 Å². The van der Waals surface area contributed by atoms with E-state index in [4.69, 9.17) is 4.74 Å². The SMILES string of the molecule is CN(C)CC(O)CNCC1CCOC1. The van der Waals surface area contributed by atoms with Crippen LogP contribution < -0.4 is 5.32 Å². The molecule has 0 amide bonds. The molecule has 0 aliphatic carbocycles. The molecule has 2 atom stereocenters. The maximum absolute atomic E-state index is 9.56. The summed E-state index contributed by atoms with van der Waals surface area (Å²) in [5.41, 5.74) is 0. The molecule has 84 valence electrons. The van der Waals surface area contributed by atoms with Gasteiger partial charge in [0.1, 0.15) is 0 Å². The van der Waals surface area contributed by atoms with Crippen molar-refractivity contribution < 1.29 is 9.84 Å². The molecule has 0 spiro atoms. The first-order valence-corrected chi connectivity index (χ1v) is 5.29. The van der Waals surface area contributed by atoms with Crippen LogP contribution in [0.2, 0.25) is 0 Å². The van der Waals surface area contributed by atoms with Crippen LogP contribution >= 0.6 is 0 Å². The number of hydrogen-bond acceptors (Lipinski definition) is 4. The van der Waals surface area contributed by atoms with E-state index in [2.05, 4.69) is 5.32 Å². The van der Waals surface area contributed by atoms with Crippen molar-refractivity contribution >= 4 is 0 Å². The third kappa shape index (κ3) is 4.91. The molecule has 1 saturated heterocycles. The summed E-state index contributed by atoms with van der Waals surface area (Å²) in [5, 5.41) is 12.8. The van der Waals surface area contributed by atoms with Crippen LogP contribution in [0.3, 0.4) is 0 Å². The standard InChI is InChI=1S/C10H22N2O2/c1-12(2)7-10(13)6-11-5-9-3-4-14-8-9/h9-11,13H,3-8H2,1-2H3. The van der Waals surface area contributed by atoms with Gasteiger partial charge >= 0.3 is 0 Å². The lowest BCUT2D eigenvalue weighted by Gasteiger charge is -2.17. The Balaban J connectivity index is 1.96. The lowest BCUT2D eigenvalue weighted by molar-refractivity contribution is 0.132. The molecule has 0 radical (unpaired) electrons. The number of rotatable bonds is 6. The fourth-order valence-corrected chi connectivity index (χ4v) is 1.68. The Morgan fingerprint density at radius 3 is 2.93 bits per heavy atom. The molecule has 4 heteroatoms. The second kappa shape index (κ2) is 6.35. The number of ether oxygens (including phenoxy) is 1. The summed E-state index contributed by atoms with van der Waals surface area (Å²) in [6.07, 6.45) is 0.879. The van der Waals surface area contributed by atoms with Gasteiger partial charge in [-0.05, 0) is 26.4 Å². The van der Waals surface area contributed by atoms with Gasteiger partial charge in [0, 0.05) is 26.2 Å². The van der Waals surface area contributed by atoms with Gasteiger partial charge in [0.25, 0.3) is 0 Å². The maximum Gasteiger partial charge on any atom is 0.0791 e. The molecule has 0 aromatic carbocycles. The van der Waals surface area contributed by atoms with E-state index in [9.17, 15) is 5.11 Å². The summed E-state index contributed by atoms with van der Waals surface area (Å²) in [4.78, 5) is 1.99. The topological polar surface area (TPSA) is 44.7 Å². The van der Waals surface area contributed by atoms with Crippen LogP contribution in [0.15, 0.2) is 0 Å². The van der Waals surface area contributed by atoms with Crippen molar-refractivity contribution in [1.29, 1.82) is 0 Å². The average Bonchev–Trinajstić information content (AvgIpc) is 2.55. The van der Waals surface area contributed by atoms with Gasteiger partial charge < -0.3 is 20.1 Å². The summed E-state index contributed by atoms with van der Waals surface area (Å²) in [6.45, 7) is 4.12. The van der Waals surface area contributed by atoms with E-state index < -0.39 is 0 Å².